The van der Waals surface area contributed by atoms with Crippen molar-refractivity contribution in [3.05, 3.63) is 89.0 Å². The summed E-state index contributed by atoms with van der Waals surface area (Å²) in [5.41, 5.74) is 2.55. The van der Waals surface area contributed by atoms with E-state index < -0.39 is 11.9 Å². The second-order valence-electron chi connectivity index (χ2n) is 6.48. The SMILES string of the molecule is COc1cc(/C=C2\N=C(c3cccc(C)c3)OC2=O)ccc1OC(=O)c1ccco1. The van der Waals surface area contributed by atoms with E-state index >= 15 is 0 Å². The molecule has 30 heavy (non-hydrogen) atoms. The third-order valence-electron chi connectivity index (χ3n) is 4.30. The number of cyclic esters (lactones) is 1. The van der Waals surface area contributed by atoms with Crippen LogP contribution in [0.15, 0.2) is 76.0 Å². The summed E-state index contributed by atoms with van der Waals surface area (Å²) in [6, 6.07) is 15.5. The number of hydrogen-bond acceptors (Lipinski definition) is 7. The smallest absolute Gasteiger partial charge is 0.379 e. The number of carbonyl (C=O) groups is 2. The van der Waals surface area contributed by atoms with Crippen LogP contribution < -0.4 is 9.47 Å². The third kappa shape index (κ3) is 4.00. The van der Waals surface area contributed by atoms with Crippen LogP contribution in [-0.2, 0) is 9.53 Å². The Bertz CT molecular complexity index is 1170. The molecule has 0 N–H and O–H groups in total. The lowest BCUT2D eigenvalue weighted by Crippen LogP contribution is -2.08. The molecule has 1 aliphatic rings. The molecule has 0 saturated heterocycles. The van der Waals surface area contributed by atoms with E-state index in [0.717, 1.165) is 11.1 Å². The Morgan fingerprint density at radius 3 is 2.67 bits per heavy atom. The third-order valence-corrected chi connectivity index (χ3v) is 4.30. The molecule has 2 heterocycles. The van der Waals surface area contributed by atoms with Crippen molar-refractivity contribution in [1.82, 2.24) is 0 Å². The fraction of sp³-hybridized carbons (Fsp3) is 0.0870. The molecule has 0 spiro atoms. The molecule has 0 saturated carbocycles. The molecular weight excluding hydrogens is 386 g/mol. The summed E-state index contributed by atoms with van der Waals surface area (Å²) in [7, 11) is 1.45. The summed E-state index contributed by atoms with van der Waals surface area (Å²) in [5, 5.41) is 0. The van der Waals surface area contributed by atoms with Gasteiger partial charge >= 0.3 is 11.9 Å². The number of esters is 2. The van der Waals surface area contributed by atoms with Crippen molar-refractivity contribution in [3.63, 3.8) is 0 Å². The quantitative estimate of drug-likeness (QED) is 0.361. The van der Waals surface area contributed by atoms with Crippen molar-refractivity contribution >= 4 is 23.9 Å². The summed E-state index contributed by atoms with van der Waals surface area (Å²) in [6.45, 7) is 1.95. The van der Waals surface area contributed by atoms with E-state index in [4.69, 9.17) is 18.6 Å². The highest BCUT2D eigenvalue weighted by atomic mass is 16.6. The van der Waals surface area contributed by atoms with E-state index in [1.165, 1.54) is 19.4 Å². The summed E-state index contributed by atoms with van der Waals surface area (Å²) in [6.07, 6.45) is 2.96. The standard InChI is InChI=1S/C23H17NO6/c1-14-5-3-6-16(11-14)21-24-17(22(25)30-21)12-15-8-9-18(20(13-15)27-2)29-23(26)19-7-4-10-28-19/h3-13H,1-2H3/b17-12-. The largest absolute Gasteiger partial charge is 0.493 e. The van der Waals surface area contributed by atoms with Crippen molar-refractivity contribution in [1.29, 1.82) is 0 Å². The maximum atomic E-state index is 12.2. The number of rotatable bonds is 5. The van der Waals surface area contributed by atoms with E-state index in [0.29, 0.717) is 11.3 Å². The van der Waals surface area contributed by atoms with Crippen molar-refractivity contribution in [2.75, 3.05) is 7.11 Å². The number of aliphatic imine (C=N–C) groups is 1. The number of carbonyl (C=O) groups excluding carboxylic acids is 2. The van der Waals surface area contributed by atoms with E-state index in [1.807, 2.05) is 31.2 Å². The van der Waals surface area contributed by atoms with Gasteiger partial charge in [0, 0.05) is 5.56 Å². The molecule has 7 nitrogen and oxygen atoms in total. The second-order valence-corrected chi connectivity index (χ2v) is 6.48. The first-order chi connectivity index (χ1) is 14.5. The minimum Gasteiger partial charge on any atom is -0.493 e. The zero-order chi connectivity index (χ0) is 21.1. The van der Waals surface area contributed by atoms with Gasteiger partial charge in [0.15, 0.2) is 17.2 Å². The topological polar surface area (TPSA) is 87.3 Å². The van der Waals surface area contributed by atoms with Crippen LogP contribution in [0.1, 0.15) is 27.2 Å². The highest BCUT2D eigenvalue weighted by Crippen LogP contribution is 2.30. The first-order valence-electron chi connectivity index (χ1n) is 9.07. The molecule has 150 valence electrons. The lowest BCUT2D eigenvalue weighted by atomic mass is 10.1. The van der Waals surface area contributed by atoms with Crippen molar-refractivity contribution in [3.8, 4) is 11.5 Å². The fourth-order valence-electron chi connectivity index (χ4n) is 2.87. The average molecular weight is 403 g/mol. The van der Waals surface area contributed by atoms with Gasteiger partial charge in [0.05, 0.1) is 13.4 Å². The Labute approximate surface area is 172 Å². The molecule has 1 aliphatic heterocycles. The minimum absolute atomic E-state index is 0.0787. The lowest BCUT2D eigenvalue weighted by molar-refractivity contribution is -0.129. The lowest BCUT2D eigenvalue weighted by Gasteiger charge is -2.09. The van der Waals surface area contributed by atoms with Gasteiger partial charge in [-0.2, -0.15) is 0 Å². The van der Waals surface area contributed by atoms with Gasteiger partial charge < -0.3 is 18.6 Å². The Morgan fingerprint density at radius 1 is 1.07 bits per heavy atom. The zero-order valence-corrected chi connectivity index (χ0v) is 16.2. The van der Waals surface area contributed by atoms with Crippen molar-refractivity contribution in [2.24, 2.45) is 4.99 Å². The second kappa shape index (κ2) is 8.08. The Hall–Kier alpha value is -4.13. The molecule has 0 aliphatic carbocycles. The van der Waals surface area contributed by atoms with Crippen LogP contribution in [0.2, 0.25) is 0 Å². The molecule has 4 rings (SSSR count). The molecule has 0 unspecified atom stereocenters. The molecule has 0 amide bonds. The Balaban J connectivity index is 1.59. The number of hydrogen-bond donors (Lipinski definition) is 0. The van der Waals surface area contributed by atoms with E-state index in [9.17, 15) is 9.59 Å². The predicted molar refractivity (Wildman–Crippen MR) is 108 cm³/mol. The highest BCUT2D eigenvalue weighted by molar-refractivity contribution is 6.12. The number of aryl methyl sites for hydroxylation is 1. The van der Waals surface area contributed by atoms with Gasteiger partial charge in [-0.15, -0.1) is 0 Å². The number of furan rings is 1. The van der Waals surface area contributed by atoms with Gasteiger partial charge in [-0.3, -0.25) is 0 Å². The molecule has 1 aromatic heterocycles. The van der Waals surface area contributed by atoms with Gasteiger partial charge in [-0.05, 0) is 55.0 Å². The number of nitrogens with zero attached hydrogens (tertiary/aromatic N) is 1. The van der Waals surface area contributed by atoms with Crippen LogP contribution in [0.25, 0.3) is 6.08 Å². The van der Waals surface area contributed by atoms with Crippen molar-refractivity contribution < 1.29 is 28.2 Å². The first kappa shape index (κ1) is 19.2. The van der Waals surface area contributed by atoms with E-state index in [2.05, 4.69) is 4.99 Å². The summed E-state index contributed by atoms with van der Waals surface area (Å²) < 4.78 is 20.9. The molecule has 0 radical (unpaired) electrons. The Morgan fingerprint density at radius 2 is 1.93 bits per heavy atom. The van der Waals surface area contributed by atoms with Crippen molar-refractivity contribution in [2.45, 2.75) is 6.92 Å². The summed E-state index contributed by atoms with van der Waals surface area (Å²) >= 11 is 0. The maximum Gasteiger partial charge on any atom is 0.379 e. The van der Waals surface area contributed by atoms with E-state index in [-0.39, 0.29) is 23.1 Å². The van der Waals surface area contributed by atoms with Gasteiger partial charge in [-0.25, -0.2) is 14.6 Å². The zero-order valence-electron chi connectivity index (χ0n) is 16.2. The molecule has 7 heteroatoms. The normalized spacial score (nSPS) is 14.4. The summed E-state index contributed by atoms with van der Waals surface area (Å²) in [5.74, 6) is -0.312. The molecule has 0 atom stereocenters. The average Bonchev–Trinajstić information content (AvgIpc) is 3.40. The minimum atomic E-state index is -0.642. The maximum absolute atomic E-state index is 12.2. The Kier molecular flexibility index (Phi) is 5.17. The van der Waals surface area contributed by atoms with Gasteiger partial charge in [0.25, 0.3) is 0 Å². The molecule has 0 fully saturated rings. The molecule has 2 aromatic carbocycles. The van der Waals surface area contributed by atoms with Crippen LogP contribution in [0.5, 0.6) is 11.5 Å². The molecule has 3 aromatic rings. The van der Waals surface area contributed by atoms with Crippen LogP contribution in [0.4, 0.5) is 0 Å². The van der Waals surface area contributed by atoms with Crippen LogP contribution >= 0.6 is 0 Å². The molecule has 0 bridgehead atoms. The van der Waals surface area contributed by atoms with Gasteiger partial charge in [0.2, 0.25) is 11.7 Å². The van der Waals surface area contributed by atoms with Crippen LogP contribution in [0.3, 0.4) is 0 Å². The van der Waals surface area contributed by atoms with Gasteiger partial charge in [-0.1, -0.05) is 23.8 Å². The number of methoxy groups -OCH3 is 1. The van der Waals surface area contributed by atoms with E-state index in [1.54, 1.807) is 30.3 Å². The first-order valence-corrected chi connectivity index (χ1v) is 9.07. The monoisotopic (exact) mass is 403 g/mol. The predicted octanol–water partition coefficient (Wildman–Crippen LogP) is 4.16. The van der Waals surface area contributed by atoms with Crippen LogP contribution in [-0.4, -0.2) is 24.9 Å². The summed E-state index contributed by atoms with van der Waals surface area (Å²) in [4.78, 5) is 28.6. The fourth-order valence-corrected chi connectivity index (χ4v) is 2.87. The highest BCUT2D eigenvalue weighted by Gasteiger charge is 2.24. The van der Waals surface area contributed by atoms with Crippen LogP contribution in [0, 0.1) is 6.92 Å². The van der Waals surface area contributed by atoms with Gasteiger partial charge in [0.1, 0.15) is 0 Å². The molecular formula is C23H17NO6. The number of benzene rings is 2. The number of ether oxygens (including phenoxy) is 3.